The van der Waals surface area contributed by atoms with Crippen LogP contribution >= 0.6 is 0 Å². The van der Waals surface area contributed by atoms with Gasteiger partial charge in [-0.2, -0.15) is 5.10 Å². The molecule has 4 rings (SSSR count). The van der Waals surface area contributed by atoms with Gasteiger partial charge in [0.25, 0.3) is 11.1 Å². The smallest absolute Gasteiger partial charge is 0.267 e. The van der Waals surface area contributed by atoms with Gasteiger partial charge in [0.1, 0.15) is 0 Å². The molecule has 1 fully saturated rings. The van der Waals surface area contributed by atoms with Crippen molar-refractivity contribution in [2.75, 3.05) is 19.6 Å². The molecule has 2 aliphatic rings. The molecule has 0 saturated carbocycles. The average Bonchev–Trinajstić information content (AvgIpc) is 2.58. The van der Waals surface area contributed by atoms with Gasteiger partial charge in [-0.3, -0.25) is 14.2 Å². The van der Waals surface area contributed by atoms with Crippen LogP contribution in [0.2, 0.25) is 0 Å². The van der Waals surface area contributed by atoms with Crippen molar-refractivity contribution < 1.29 is 0 Å². The molecule has 2 aromatic heterocycles. The highest BCUT2D eigenvalue weighted by Crippen LogP contribution is 2.19. The lowest BCUT2D eigenvalue weighted by molar-refractivity contribution is 0.0799. The molecule has 0 unspecified atom stereocenters. The summed E-state index contributed by atoms with van der Waals surface area (Å²) in [6, 6.07) is 3.35. The molecule has 0 radical (unpaired) electrons. The second-order valence-electron chi connectivity index (χ2n) is 7.53. The first-order valence-corrected chi connectivity index (χ1v) is 9.44. The minimum absolute atomic E-state index is 0.000569. The van der Waals surface area contributed by atoms with Crippen LogP contribution in [0.25, 0.3) is 0 Å². The lowest BCUT2D eigenvalue weighted by atomic mass is 9.96. The quantitative estimate of drug-likeness (QED) is 0.786. The Kier molecular flexibility index (Phi) is 4.72. The Morgan fingerprint density at radius 3 is 2.69 bits per heavy atom. The molecule has 1 aliphatic heterocycles. The fraction of sp³-hybridized carbons (Fsp3) is 0.579. The zero-order valence-corrected chi connectivity index (χ0v) is 15.2. The van der Waals surface area contributed by atoms with Gasteiger partial charge in [0.15, 0.2) is 0 Å². The Hall–Kier alpha value is -2.28. The number of hydrogen-bond acceptors (Lipinski definition) is 5. The van der Waals surface area contributed by atoms with Gasteiger partial charge in [0.05, 0.1) is 18.6 Å². The van der Waals surface area contributed by atoms with Crippen molar-refractivity contribution in [2.24, 2.45) is 5.92 Å². The molecule has 7 heteroatoms. The molecule has 0 atom stereocenters. The maximum absolute atomic E-state index is 12.3. The van der Waals surface area contributed by atoms with Crippen LogP contribution in [0.1, 0.15) is 29.8 Å². The first kappa shape index (κ1) is 17.1. The van der Waals surface area contributed by atoms with Crippen molar-refractivity contribution in [2.45, 2.75) is 45.7 Å². The molecule has 2 aromatic rings. The number of nitrogens with zero attached hydrogens (tertiary/aromatic N) is 5. The van der Waals surface area contributed by atoms with Crippen LogP contribution in [0.5, 0.6) is 0 Å². The summed E-state index contributed by atoms with van der Waals surface area (Å²) in [5.41, 5.74) is 3.03. The summed E-state index contributed by atoms with van der Waals surface area (Å²) in [5, 5.41) is 4.61. The molecular weight excluding hydrogens is 330 g/mol. The van der Waals surface area contributed by atoms with E-state index in [0.29, 0.717) is 19.0 Å². The lowest BCUT2D eigenvalue weighted by Crippen LogP contribution is -2.50. The van der Waals surface area contributed by atoms with Crippen LogP contribution in [0.15, 0.2) is 28.0 Å². The second-order valence-corrected chi connectivity index (χ2v) is 7.53. The molecule has 138 valence electrons. The predicted molar refractivity (Wildman–Crippen MR) is 98.3 cm³/mol. The molecule has 0 bridgehead atoms. The first-order valence-electron chi connectivity index (χ1n) is 9.44. The van der Waals surface area contributed by atoms with E-state index < -0.39 is 0 Å². The third-order valence-corrected chi connectivity index (χ3v) is 5.41. The van der Waals surface area contributed by atoms with Crippen molar-refractivity contribution in [1.82, 2.24) is 24.2 Å². The van der Waals surface area contributed by atoms with Crippen LogP contribution in [-0.4, -0.2) is 43.9 Å². The van der Waals surface area contributed by atoms with E-state index in [2.05, 4.69) is 15.0 Å². The van der Waals surface area contributed by atoms with Crippen LogP contribution in [-0.2, 0) is 25.9 Å². The maximum Gasteiger partial charge on any atom is 0.267 e. The Labute approximate surface area is 152 Å². The predicted octanol–water partition coefficient (Wildman–Crippen LogP) is 0.619. The number of fused-ring (bicyclic) bond motifs is 1. The van der Waals surface area contributed by atoms with E-state index in [1.54, 1.807) is 27.7 Å². The zero-order valence-electron chi connectivity index (χ0n) is 15.2. The summed E-state index contributed by atoms with van der Waals surface area (Å²) in [5.74, 6) is 0.453. The molecule has 7 nitrogen and oxygen atoms in total. The Morgan fingerprint density at radius 1 is 1.08 bits per heavy atom. The standard InChI is InChI=1S/C19H25N5O2/c1-14-8-18(25)23(13-20-14)7-6-22-10-15(11-22)12-24-19(26)9-16-4-2-3-5-17(16)21-24/h8-9,13,15H,2-7,10-12H2,1H3. The molecule has 3 heterocycles. The number of hydrogen-bond donors (Lipinski definition) is 0. The Bertz CT molecular complexity index is 911. The molecule has 0 spiro atoms. The fourth-order valence-corrected chi connectivity index (χ4v) is 3.88. The van der Waals surface area contributed by atoms with Crippen molar-refractivity contribution >= 4 is 0 Å². The van der Waals surface area contributed by atoms with Crippen molar-refractivity contribution in [3.05, 3.63) is 56.1 Å². The van der Waals surface area contributed by atoms with Crippen LogP contribution in [0, 0.1) is 12.8 Å². The van der Waals surface area contributed by atoms with Gasteiger partial charge < -0.3 is 4.90 Å². The monoisotopic (exact) mass is 355 g/mol. The van der Waals surface area contributed by atoms with Gasteiger partial charge >= 0.3 is 0 Å². The van der Waals surface area contributed by atoms with Gasteiger partial charge in [0, 0.05) is 49.9 Å². The van der Waals surface area contributed by atoms with Gasteiger partial charge in [-0.25, -0.2) is 9.67 Å². The maximum atomic E-state index is 12.3. The molecule has 1 saturated heterocycles. The second kappa shape index (κ2) is 7.15. The average molecular weight is 355 g/mol. The number of rotatable bonds is 5. The summed E-state index contributed by atoms with van der Waals surface area (Å²) in [6.07, 6.45) is 5.93. The third kappa shape index (κ3) is 3.62. The Balaban J connectivity index is 1.30. The molecule has 0 N–H and O–H groups in total. The van der Waals surface area contributed by atoms with E-state index in [1.165, 1.54) is 6.42 Å². The number of likely N-dealkylation sites (tertiary alicyclic amines) is 1. The fourth-order valence-electron chi connectivity index (χ4n) is 3.88. The topological polar surface area (TPSA) is 73.0 Å². The van der Waals surface area contributed by atoms with Gasteiger partial charge in [-0.05, 0) is 38.2 Å². The molecule has 0 amide bonds. The summed E-state index contributed by atoms with van der Waals surface area (Å²) in [7, 11) is 0. The van der Waals surface area contributed by atoms with Gasteiger partial charge in [-0.15, -0.1) is 0 Å². The largest absolute Gasteiger partial charge is 0.301 e. The van der Waals surface area contributed by atoms with Crippen LogP contribution in [0.4, 0.5) is 0 Å². The van der Waals surface area contributed by atoms with E-state index in [-0.39, 0.29) is 11.1 Å². The normalized spacial score (nSPS) is 17.7. The van der Waals surface area contributed by atoms with Crippen LogP contribution in [0.3, 0.4) is 0 Å². The van der Waals surface area contributed by atoms with Gasteiger partial charge in [0.2, 0.25) is 0 Å². The highest BCUT2D eigenvalue weighted by molar-refractivity contribution is 5.20. The lowest BCUT2D eigenvalue weighted by Gasteiger charge is -2.39. The molecular formula is C19H25N5O2. The van der Waals surface area contributed by atoms with Crippen molar-refractivity contribution in [3.63, 3.8) is 0 Å². The van der Waals surface area contributed by atoms with Crippen LogP contribution < -0.4 is 11.1 Å². The molecule has 1 aliphatic carbocycles. The molecule has 0 aromatic carbocycles. The Morgan fingerprint density at radius 2 is 1.88 bits per heavy atom. The van der Waals surface area contributed by atoms with E-state index in [1.807, 2.05) is 6.92 Å². The highest BCUT2D eigenvalue weighted by Gasteiger charge is 2.27. The SMILES string of the molecule is Cc1cc(=O)n(CCN2CC(Cn3nc4c(cc3=O)CCCC4)C2)cn1. The first-order chi connectivity index (χ1) is 12.6. The summed E-state index contributed by atoms with van der Waals surface area (Å²) >= 11 is 0. The van der Waals surface area contributed by atoms with Crippen molar-refractivity contribution in [3.8, 4) is 0 Å². The minimum Gasteiger partial charge on any atom is -0.301 e. The van der Waals surface area contributed by atoms with Gasteiger partial charge in [-0.1, -0.05) is 0 Å². The number of aryl methyl sites for hydroxylation is 3. The summed E-state index contributed by atoms with van der Waals surface area (Å²) in [4.78, 5) is 30.6. The highest BCUT2D eigenvalue weighted by atomic mass is 16.1. The minimum atomic E-state index is -0.000569. The molecule has 26 heavy (non-hydrogen) atoms. The van der Waals surface area contributed by atoms with E-state index in [0.717, 1.165) is 55.8 Å². The summed E-state index contributed by atoms with van der Waals surface area (Å²) in [6.45, 7) is 5.87. The van der Waals surface area contributed by atoms with Crippen molar-refractivity contribution in [1.29, 1.82) is 0 Å². The zero-order chi connectivity index (χ0) is 18.1. The van der Waals surface area contributed by atoms with E-state index in [9.17, 15) is 9.59 Å². The third-order valence-electron chi connectivity index (χ3n) is 5.41. The number of aromatic nitrogens is 4. The van der Waals surface area contributed by atoms with E-state index >= 15 is 0 Å². The summed E-state index contributed by atoms with van der Waals surface area (Å²) < 4.78 is 3.30. The van der Waals surface area contributed by atoms with E-state index in [4.69, 9.17) is 0 Å².